The van der Waals surface area contributed by atoms with Crippen LogP contribution < -0.4 is 0 Å². The lowest BCUT2D eigenvalue weighted by molar-refractivity contribution is 0.467. The van der Waals surface area contributed by atoms with E-state index in [1.165, 1.54) is 19.3 Å². The van der Waals surface area contributed by atoms with Crippen LogP contribution in [0.1, 0.15) is 58.7 Å². The summed E-state index contributed by atoms with van der Waals surface area (Å²) in [6.07, 6.45) is 6.52. The Labute approximate surface area is 126 Å². The summed E-state index contributed by atoms with van der Waals surface area (Å²) in [5.74, 6) is 1.02. The molecule has 1 aromatic heterocycles. The Bertz CT molecular complexity index is 512. The number of hydrogen-bond acceptors (Lipinski definition) is 4. The van der Waals surface area contributed by atoms with Gasteiger partial charge < -0.3 is 4.57 Å². The number of hydrogen-bond donors (Lipinski definition) is 0. The third-order valence-corrected chi connectivity index (χ3v) is 4.22. The van der Waals surface area contributed by atoms with Crippen molar-refractivity contribution in [2.45, 2.75) is 71.0 Å². The van der Waals surface area contributed by atoms with Gasteiger partial charge in [0.2, 0.25) is 0 Å². The normalized spacial score (nSPS) is 12.2. The zero-order valence-corrected chi connectivity index (χ0v) is 14.0. The first kappa shape index (κ1) is 17.4. The molecule has 0 aromatic carbocycles. The number of unbranched alkanes of at least 4 members (excludes halogenated alkanes) is 4. The van der Waals surface area contributed by atoms with Crippen molar-refractivity contribution in [1.29, 1.82) is 0 Å². The third-order valence-electron chi connectivity index (χ3n) is 3.06. The molecule has 0 aliphatic rings. The largest absolute Gasteiger partial charge is 0.301 e. The second-order valence-electron chi connectivity index (χ2n) is 5.51. The predicted molar refractivity (Wildman–Crippen MR) is 80.4 cm³/mol. The standard InChI is InChI=1S/C13H24ClN3O2S/c1-4-5-6-7-8-9-12-15-16-13(20(14,18)19)17(12)10-11(2)3/h11H,4-10H2,1-3H3. The second-order valence-corrected chi connectivity index (χ2v) is 7.96. The highest BCUT2D eigenvalue weighted by Crippen LogP contribution is 2.17. The van der Waals surface area contributed by atoms with Crippen molar-refractivity contribution in [3.63, 3.8) is 0 Å². The fourth-order valence-corrected chi connectivity index (χ4v) is 3.04. The molecule has 1 heterocycles. The molecule has 0 aliphatic carbocycles. The monoisotopic (exact) mass is 321 g/mol. The molecule has 0 aliphatic heterocycles. The lowest BCUT2D eigenvalue weighted by Gasteiger charge is -2.11. The molecule has 0 spiro atoms. The lowest BCUT2D eigenvalue weighted by Crippen LogP contribution is -2.13. The highest BCUT2D eigenvalue weighted by Gasteiger charge is 2.22. The maximum Gasteiger partial charge on any atom is 0.296 e. The van der Waals surface area contributed by atoms with Gasteiger partial charge in [0.1, 0.15) is 5.82 Å². The molecule has 0 saturated carbocycles. The van der Waals surface area contributed by atoms with Crippen LogP contribution in [0.4, 0.5) is 0 Å². The average molecular weight is 322 g/mol. The van der Waals surface area contributed by atoms with Gasteiger partial charge in [0.05, 0.1) is 0 Å². The van der Waals surface area contributed by atoms with Gasteiger partial charge in [-0.2, -0.15) is 0 Å². The number of aromatic nitrogens is 3. The molecule has 7 heteroatoms. The van der Waals surface area contributed by atoms with Gasteiger partial charge in [-0.3, -0.25) is 0 Å². The van der Waals surface area contributed by atoms with E-state index in [1.807, 2.05) is 13.8 Å². The summed E-state index contributed by atoms with van der Waals surface area (Å²) in [5, 5.41) is 7.62. The minimum atomic E-state index is -3.84. The summed E-state index contributed by atoms with van der Waals surface area (Å²) < 4.78 is 24.7. The third kappa shape index (κ3) is 5.40. The van der Waals surface area contributed by atoms with Crippen molar-refractivity contribution in [2.24, 2.45) is 5.92 Å². The summed E-state index contributed by atoms with van der Waals surface area (Å²) in [5.41, 5.74) is 0. The Hall–Kier alpha value is -0.620. The van der Waals surface area contributed by atoms with Crippen LogP contribution in [0.25, 0.3) is 0 Å². The Morgan fingerprint density at radius 3 is 2.35 bits per heavy atom. The van der Waals surface area contributed by atoms with Crippen LogP contribution in [-0.2, 0) is 22.0 Å². The maximum atomic E-state index is 11.5. The summed E-state index contributed by atoms with van der Waals surface area (Å²) in [6, 6.07) is 0. The van der Waals surface area contributed by atoms with E-state index in [9.17, 15) is 8.42 Å². The van der Waals surface area contributed by atoms with E-state index in [2.05, 4.69) is 17.1 Å². The van der Waals surface area contributed by atoms with Crippen LogP contribution in [-0.4, -0.2) is 23.2 Å². The molecule has 20 heavy (non-hydrogen) atoms. The molecule has 0 unspecified atom stereocenters. The van der Waals surface area contributed by atoms with E-state index in [0.29, 0.717) is 12.5 Å². The fourth-order valence-electron chi connectivity index (χ4n) is 2.12. The Kier molecular flexibility index (Phi) is 6.95. The average Bonchev–Trinajstić information content (AvgIpc) is 2.71. The molecule has 1 rings (SSSR count). The zero-order valence-electron chi connectivity index (χ0n) is 12.5. The Morgan fingerprint density at radius 1 is 1.15 bits per heavy atom. The van der Waals surface area contributed by atoms with E-state index in [-0.39, 0.29) is 5.16 Å². The first-order valence-electron chi connectivity index (χ1n) is 7.23. The molecule has 0 N–H and O–H groups in total. The van der Waals surface area contributed by atoms with Gasteiger partial charge in [0, 0.05) is 23.6 Å². The van der Waals surface area contributed by atoms with Crippen LogP contribution in [0.2, 0.25) is 0 Å². The molecule has 0 atom stereocenters. The van der Waals surface area contributed by atoms with E-state index >= 15 is 0 Å². The van der Waals surface area contributed by atoms with Gasteiger partial charge in [-0.05, 0) is 12.3 Å². The Morgan fingerprint density at radius 2 is 1.80 bits per heavy atom. The van der Waals surface area contributed by atoms with E-state index in [4.69, 9.17) is 10.7 Å². The molecule has 0 bridgehead atoms. The summed E-state index contributed by atoms with van der Waals surface area (Å²) in [4.78, 5) is 0. The molecular weight excluding hydrogens is 298 g/mol. The van der Waals surface area contributed by atoms with Gasteiger partial charge >= 0.3 is 0 Å². The van der Waals surface area contributed by atoms with Crippen molar-refractivity contribution in [3.05, 3.63) is 5.82 Å². The molecule has 0 saturated heterocycles. The zero-order chi connectivity index (χ0) is 15.2. The molecule has 0 amide bonds. The predicted octanol–water partition coefficient (Wildman–Crippen LogP) is 3.37. The van der Waals surface area contributed by atoms with Gasteiger partial charge in [-0.15, -0.1) is 10.2 Å². The minimum Gasteiger partial charge on any atom is -0.301 e. The highest BCUT2D eigenvalue weighted by atomic mass is 35.7. The van der Waals surface area contributed by atoms with E-state index < -0.39 is 9.05 Å². The van der Waals surface area contributed by atoms with Crippen molar-refractivity contribution < 1.29 is 8.42 Å². The van der Waals surface area contributed by atoms with Crippen LogP contribution in [0.3, 0.4) is 0 Å². The quantitative estimate of drug-likeness (QED) is 0.516. The first-order chi connectivity index (χ1) is 9.36. The van der Waals surface area contributed by atoms with Crippen molar-refractivity contribution in [1.82, 2.24) is 14.8 Å². The topological polar surface area (TPSA) is 64.8 Å². The molecule has 116 valence electrons. The number of aryl methyl sites for hydroxylation is 1. The van der Waals surface area contributed by atoms with Crippen LogP contribution >= 0.6 is 10.7 Å². The van der Waals surface area contributed by atoms with Crippen molar-refractivity contribution in [3.8, 4) is 0 Å². The first-order valence-corrected chi connectivity index (χ1v) is 9.54. The highest BCUT2D eigenvalue weighted by molar-refractivity contribution is 8.13. The summed E-state index contributed by atoms with van der Waals surface area (Å²) >= 11 is 0. The summed E-state index contributed by atoms with van der Waals surface area (Å²) in [7, 11) is 1.58. The maximum absolute atomic E-state index is 11.5. The SMILES string of the molecule is CCCCCCCc1nnc(S(=O)(=O)Cl)n1CC(C)C. The van der Waals surface area contributed by atoms with E-state index in [1.54, 1.807) is 4.57 Å². The van der Waals surface area contributed by atoms with Gasteiger partial charge in [0.15, 0.2) is 0 Å². The fraction of sp³-hybridized carbons (Fsp3) is 0.846. The Balaban J connectivity index is 2.77. The molecule has 5 nitrogen and oxygen atoms in total. The lowest BCUT2D eigenvalue weighted by atomic mass is 10.1. The van der Waals surface area contributed by atoms with Crippen molar-refractivity contribution in [2.75, 3.05) is 0 Å². The van der Waals surface area contributed by atoms with Crippen LogP contribution in [0.15, 0.2) is 5.16 Å². The number of rotatable bonds is 9. The van der Waals surface area contributed by atoms with Gasteiger partial charge in [-0.25, -0.2) is 8.42 Å². The molecule has 1 aromatic rings. The number of nitrogens with zero attached hydrogens (tertiary/aromatic N) is 3. The smallest absolute Gasteiger partial charge is 0.296 e. The summed E-state index contributed by atoms with van der Waals surface area (Å²) in [6.45, 7) is 6.79. The molecular formula is C13H24ClN3O2S. The van der Waals surface area contributed by atoms with Gasteiger partial charge in [-0.1, -0.05) is 46.5 Å². The van der Waals surface area contributed by atoms with Crippen LogP contribution in [0, 0.1) is 5.92 Å². The minimum absolute atomic E-state index is 0.128. The van der Waals surface area contributed by atoms with Gasteiger partial charge in [0.25, 0.3) is 14.2 Å². The second kappa shape index (κ2) is 7.98. The van der Waals surface area contributed by atoms with E-state index in [0.717, 1.165) is 25.1 Å². The number of halogens is 1. The van der Waals surface area contributed by atoms with Crippen LogP contribution in [0.5, 0.6) is 0 Å². The molecule has 0 fully saturated rings. The molecule has 0 radical (unpaired) electrons. The van der Waals surface area contributed by atoms with Crippen molar-refractivity contribution >= 4 is 19.7 Å².